The number of carbonyl (C=O) groups is 1. The van der Waals surface area contributed by atoms with Crippen LogP contribution < -0.4 is 10.6 Å². The smallest absolute Gasteiger partial charge is 0.221 e. The topological polar surface area (TPSA) is 54.0 Å². The first-order valence-corrected chi connectivity index (χ1v) is 7.16. The van der Waals surface area contributed by atoms with Crippen LogP contribution in [0, 0.1) is 0 Å². The number of pyridine rings is 1. The Bertz CT molecular complexity index is 584. The van der Waals surface area contributed by atoms with Crippen LogP contribution >= 0.6 is 0 Å². The maximum atomic E-state index is 11.1. The van der Waals surface area contributed by atoms with E-state index < -0.39 is 0 Å². The molecule has 0 saturated heterocycles. The van der Waals surface area contributed by atoms with Crippen molar-refractivity contribution >= 4 is 11.6 Å². The van der Waals surface area contributed by atoms with Gasteiger partial charge in [0.15, 0.2) is 0 Å². The third kappa shape index (κ3) is 5.00. The van der Waals surface area contributed by atoms with Crippen LogP contribution in [0.1, 0.15) is 31.1 Å². The molecule has 1 amide bonds. The number of carbonyl (C=O) groups excluding carboxylic acids is 1. The van der Waals surface area contributed by atoms with Crippen molar-refractivity contribution in [2.24, 2.45) is 0 Å². The van der Waals surface area contributed by atoms with E-state index in [1.807, 2.05) is 42.6 Å². The number of aromatic nitrogens is 1. The zero-order valence-corrected chi connectivity index (χ0v) is 12.5. The molecule has 1 atom stereocenters. The molecular weight excluding hydrogens is 262 g/mol. The first kappa shape index (κ1) is 15.2. The summed E-state index contributed by atoms with van der Waals surface area (Å²) in [6, 6.07) is 14.1. The molecule has 0 saturated carbocycles. The quantitative estimate of drug-likeness (QED) is 0.857. The molecule has 0 radical (unpaired) electrons. The molecule has 2 N–H and O–H groups in total. The van der Waals surface area contributed by atoms with Gasteiger partial charge in [-0.25, -0.2) is 0 Å². The van der Waals surface area contributed by atoms with Crippen LogP contribution in [-0.2, 0) is 11.2 Å². The summed E-state index contributed by atoms with van der Waals surface area (Å²) >= 11 is 0. The third-order valence-corrected chi connectivity index (χ3v) is 3.26. The summed E-state index contributed by atoms with van der Waals surface area (Å²) in [5, 5.41) is 6.28. The molecule has 21 heavy (non-hydrogen) atoms. The van der Waals surface area contributed by atoms with E-state index in [2.05, 4.69) is 28.6 Å². The third-order valence-electron chi connectivity index (χ3n) is 3.26. The molecule has 4 nitrogen and oxygen atoms in total. The number of rotatable bonds is 6. The van der Waals surface area contributed by atoms with Gasteiger partial charge in [0, 0.05) is 43.5 Å². The van der Waals surface area contributed by atoms with E-state index in [-0.39, 0.29) is 11.9 Å². The van der Waals surface area contributed by atoms with Crippen LogP contribution in [0.25, 0.3) is 0 Å². The Morgan fingerprint density at radius 2 is 2.10 bits per heavy atom. The Balaban J connectivity index is 1.88. The normalized spacial score (nSPS) is 11.9. The minimum atomic E-state index is -0.0529. The standard InChI is InChI=1S/C17H21N3O/c1-13(18-11-9-16-7-3-4-10-19-16)15-6-5-8-17(12-15)20-14(2)21/h3-8,10,12-13,18H,9,11H2,1-2H3,(H,20,21). The lowest BCUT2D eigenvalue weighted by Gasteiger charge is -2.15. The molecular formula is C17H21N3O. The average Bonchev–Trinajstić information content (AvgIpc) is 2.48. The summed E-state index contributed by atoms with van der Waals surface area (Å²) in [5.41, 5.74) is 3.07. The van der Waals surface area contributed by atoms with Crippen LogP contribution in [0.4, 0.5) is 5.69 Å². The molecule has 110 valence electrons. The lowest BCUT2D eigenvalue weighted by atomic mass is 10.1. The molecule has 0 aliphatic carbocycles. The van der Waals surface area contributed by atoms with Crippen molar-refractivity contribution in [1.82, 2.24) is 10.3 Å². The SMILES string of the molecule is CC(=O)Nc1cccc(C(C)NCCc2ccccn2)c1. The van der Waals surface area contributed by atoms with Gasteiger partial charge >= 0.3 is 0 Å². The maximum Gasteiger partial charge on any atom is 0.221 e. The highest BCUT2D eigenvalue weighted by atomic mass is 16.1. The van der Waals surface area contributed by atoms with Crippen LogP contribution in [0.15, 0.2) is 48.7 Å². The Morgan fingerprint density at radius 1 is 1.24 bits per heavy atom. The molecule has 0 aliphatic heterocycles. The van der Waals surface area contributed by atoms with Crippen molar-refractivity contribution in [2.75, 3.05) is 11.9 Å². The molecule has 1 aromatic heterocycles. The minimum Gasteiger partial charge on any atom is -0.326 e. The van der Waals surface area contributed by atoms with Gasteiger partial charge in [-0.05, 0) is 36.8 Å². The molecule has 2 rings (SSSR count). The van der Waals surface area contributed by atoms with Gasteiger partial charge in [-0.15, -0.1) is 0 Å². The molecule has 0 spiro atoms. The first-order valence-electron chi connectivity index (χ1n) is 7.16. The molecule has 1 unspecified atom stereocenters. The summed E-state index contributed by atoms with van der Waals surface area (Å²) in [6.07, 6.45) is 2.71. The van der Waals surface area contributed by atoms with E-state index in [1.165, 1.54) is 6.92 Å². The minimum absolute atomic E-state index is 0.0529. The van der Waals surface area contributed by atoms with Crippen LogP contribution in [0.3, 0.4) is 0 Å². The predicted molar refractivity (Wildman–Crippen MR) is 85.1 cm³/mol. The van der Waals surface area contributed by atoms with Gasteiger partial charge in [0.1, 0.15) is 0 Å². The Hall–Kier alpha value is -2.20. The second-order valence-electron chi connectivity index (χ2n) is 5.05. The number of amides is 1. The summed E-state index contributed by atoms with van der Waals surface area (Å²) in [5.74, 6) is -0.0529. The van der Waals surface area contributed by atoms with Gasteiger partial charge in [0.2, 0.25) is 5.91 Å². The van der Waals surface area contributed by atoms with E-state index in [0.717, 1.165) is 29.9 Å². The van der Waals surface area contributed by atoms with Crippen molar-refractivity contribution in [3.05, 3.63) is 59.9 Å². The number of nitrogens with one attached hydrogen (secondary N) is 2. The molecule has 0 aliphatic rings. The highest BCUT2D eigenvalue weighted by molar-refractivity contribution is 5.88. The second kappa shape index (κ2) is 7.55. The van der Waals surface area contributed by atoms with E-state index in [4.69, 9.17) is 0 Å². The van der Waals surface area contributed by atoms with Crippen molar-refractivity contribution in [1.29, 1.82) is 0 Å². The number of nitrogens with zero attached hydrogens (tertiary/aromatic N) is 1. The number of anilines is 1. The van der Waals surface area contributed by atoms with Crippen LogP contribution in [0.2, 0.25) is 0 Å². The maximum absolute atomic E-state index is 11.1. The zero-order chi connectivity index (χ0) is 15.1. The van der Waals surface area contributed by atoms with Gasteiger partial charge in [-0.2, -0.15) is 0 Å². The molecule has 2 aromatic rings. The van der Waals surface area contributed by atoms with E-state index in [0.29, 0.717) is 0 Å². The van der Waals surface area contributed by atoms with Gasteiger partial charge < -0.3 is 10.6 Å². The van der Waals surface area contributed by atoms with E-state index >= 15 is 0 Å². The van der Waals surface area contributed by atoms with Crippen molar-refractivity contribution in [3.63, 3.8) is 0 Å². The van der Waals surface area contributed by atoms with Crippen molar-refractivity contribution in [3.8, 4) is 0 Å². The van der Waals surface area contributed by atoms with Crippen molar-refractivity contribution in [2.45, 2.75) is 26.3 Å². The molecule has 1 aromatic carbocycles. The fourth-order valence-electron chi connectivity index (χ4n) is 2.17. The largest absolute Gasteiger partial charge is 0.326 e. The van der Waals surface area contributed by atoms with Crippen molar-refractivity contribution < 1.29 is 4.79 Å². The van der Waals surface area contributed by atoms with Gasteiger partial charge in [0.05, 0.1) is 0 Å². The second-order valence-corrected chi connectivity index (χ2v) is 5.05. The molecule has 1 heterocycles. The van der Waals surface area contributed by atoms with Gasteiger partial charge in [-0.3, -0.25) is 9.78 Å². The number of hydrogen-bond donors (Lipinski definition) is 2. The van der Waals surface area contributed by atoms with Gasteiger partial charge in [-0.1, -0.05) is 18.2 Å². The molecule has 0 bridgehead atoms. The average molecular weight is 283 g/mol. The molecule has 0 fully saturated rings. The Labute approximate surface area is 125 Å². The fourth-order valence-corrected chi connectivity index (χ4v) is 2.17. The highest BCUT2D eigenvalue weighted by Gasteiger charge is 2.06. The summed E-state index contributed by atoms with van der Waals surface area (Å²) in [6.45, 7) is 4.50. The van der Waals surface area contributed by atoms with Crippen LogP contribution in [-0.4, -0.2) is 17.4 Å². The first-order chi connectivity index (χ1) is 10.1. The lowest BCUT2D eigenvalue weighted by molar-refractivity contribution is -0.114. The van der Waals surface area contributed by atoms with E-state index in [1.54, 1.807) is 0 Å². The Morgan fingerprint density at radius 3 is 2.81 bits per heavy atom. The monoisotopic (exact) mass is 283 g/mol. The highest BCUT2D eigenvalue weighted by Crippen LogP contribution is 2.17. The number of benzene rings is 1. The van der Waals surface area contributed by atoms with E-state index in [9.17, 15) is 4.79 Å². The van der Waals surface area contributed by atoms with Crippen LogP contribution in [0.5, 0.6) is 0 Å². The number of hydrogen-bond acceptors (Lipinski definition) is 3. The summed E-state index contributed by atoms with van der Waals surface area (Å²) in [7, 11) is 0. The molecule has 4 heteroatoms. The predicted octanol–water partition coefficient (Wildman–Crippen LogP) is 2.93. The lowest BCUT2D eigenvalue weighted by Crippen LogP contribution is -2.21. The summed E-state index contributed by atoms with van der Waals surface area (Å²) in [4.78, 5) is 15.4. The Kier molecular flexibility index (Phi) is 5.46. The van der Waals surface area contributed by atoms with Gasteiger partial charge in [0.25, 0.3) is 0 Å². The summed E-state index contributed by atoms with van der Waals surface area (Å²) < 4.78 is 0. The fraction of sp³-hybridized carbons (Fsp3) is 0.294. The zero-order valence-electron chi connectivity index (χ0n) is 12.5.